The summed E-state index contributed by atoms with van der Waals surface area (Å²) in [5.74, 6) is 0. The van der Waals surface area contributed by atoms with E-state index in [0.717, 1.165) is 17.8 Å². The van der Waals surface area contributed by atoms with Gasteiger partial charge < -0.3 is 5.32 Å². The highest BCUT2D eigenvalue weighted by atomic mass is 14.9. The van der Waals surface area contributed by atoms with Gasteiger partial charge in [0.1, 0.15) is 0 Å². The molecular formula is C14H21N. The summed E-state index contributed by atoms with van der Waals surface area (Å²) in [5.41, 5.74) is 2.13. The van der Waals surface area contributed by atoms with E-state index in [-0.39, 0.29) is 0 Å². The summed E-state index contributed by atoms with van der Waals surface area (Å²) in [6.45, 7) is 9.88. The van der Waals surface area contributed by atoms with Gasteiger partial charge in [-0.3, -0.25) is 0 Å². The molecule has 0 radical (unpaired) electrons. The SMILES string of the molecule is C=C/C(=C\CC)NC(/C=C\C=C/C)=C/C. The quantitative estimate of drug-likeness (QED) is 0.641. The molecule has 15 heavy (non-hydrogen) atoms. The first-order chi connectivity index (χ1) is 7.28. The van der Waals surface area contributed by atoms with Crippen LogP contribution in [0.1, 0.15) is 27.2 Å². The van der Waals surface area contributed by atoms with E-state index in [4.69, 9.17) is 0 Å². The van der Waals surface area contributed by atoms with E-state index < -0.39 is 0 Å². The molecule has 1 nitrogen and oxygen atoms in total. The summed E-state index contributed by atoms with van der Waals surface area (Å²) in [4.78, 5) is 0. The third kappa shape index (κ3) is 6.55. The van der Waals surface area contributed by atoms with Crippen LogP contribution in [0.5, 0.6) is 0 Å². The molecule has 0 aliphatic heterocycles. The normalized spacial score (nSPS) is 13.8. The first kappa shape index (κ1) is 13.5. The van der Waals surface area contributed by atoms with Crippen LogP contribution in [-0.2, 0) is 0 Å². The lowest BCUT2D eigenvalue weighted by Gasteiger charge is -2.07. The number of rotatable bonds is 6. The number of allylic oxidation sites excluding steroid dienone is 7. The standard InChI is InChI=1S/C14H21N/c1-5-9-10-12-14(8-4)15-13(7-3)11-6-2/h5,7-12,15H,3,6H2,1-2,4H3/b9-5-,12-10-,13-11+,14-8+. The van der Waals surface area contributed by atoms with Crippen LogP contribution in [0.2, 0.25) is 0 Å². The molecule has 1 heteroatoms. The maximum atomic E-state index is 3.77. The molecule has 1 N–H and O–H groups in total. The van der Waals surface area contributed by atoms with Crippen molar-refractivity contribution in [2.24, 2.45) is 0 Å². The first-order valence-electron chi connectivity index (χ1n) is 5.33. The lowest BCUT2D eigenvalue weighted by Crippen LogP contribution is -2.09. The fourth-order valence-electron chi connectivity index (χ4n) is 1.05. The monoisotopic (exact) mass is 203 g/mol. The molecule has 0 unspecified atom stereocenters. The molecule has 0 atom stereocenters. The van der Waals surface area contributed by atoms with Gasteiger partial charge in [0, 0.05) is 11.4 Å². The Bertz CT molecular complexity index is 290. The van der Waals surface area contributed by atoms with Crippen molar-refractivity contribution in [3.8, 4) is 0 Å². The minimum atomic E-state index is 1.00. The maximum Gasteiger partial charge on any atom is 0.0340 e. The van der Waals surface area contributed by atoms with Crippen LogP contribution in [0, 0.1) is 0 Å². The van der Waals surface area contributed by atoms with Gasteiger partial charge in [-0.25, -0.2) is 0 Å². The second kappa shape index (κ2) is 9.07. The van der Waals surface area contributed by atoms with Crippen molar-refractivity contribution >= 4 is 0 Å². The molecule has 0 aliphatic carbocycles. The topological polar surface area (TPSA) is 12.0 Å². The average Bonchev–Trinajstić information content (AvgIpc) is 2.26. The fourth-order valence-corrected chi connectivity index (χ4v) is 1.05. The van der Waals surface area contributed by atoms with Crippen LogP contribution in [-0.4, -0.2) is 0 Å². The number of nitrogens with one attached hydrogen (secondary N) is 1. The fraction of sp³-hybridized carbons (Fsp3) is 0.286. The third-order valence-electron chi connectivity index (χ3n) is 1.82. The molecule has 0 rings (SSSR count). The van der Waals surface area contributed by atoms with Gasteiger partial charge in [0.15, 0.2) is 0 Å². The molecule has 0 heterocycles. The van der Waals surface area contributed by atoms with Crippen molar-refractivity contribution in [2.75, 3.05) is 0 Å². The Balaban J connectivity index is 4.46. The van der Waals surface area contributed by atoms with Crippen LogP contribution in [0.15, 0.2) is 60.5 Å². The molecule has 0 aromatic carbocycles. The molecule has 82 valence electrons. The summed E-state index contributed by atoms with van der Waals surface area (Å²) in [7, 11) is 0. The summed E-state index contributed by atoms with van der Waals surface area (Å²) in [6, 6.07) is 0. The zero-order chi connectivity index (χ0) is 11.5. The molecule has 0 bridgehead atoms. The van der Waals surface area contributed by atoms with E-state index in [2.05, 4.69) is 24.9 Å². The van der Waals surface area contributed by atoms with Crippen molar-refractivity contribution < 1.29 is 0 Å². The summed E-state index contributed by atoms with van der Waals surface area (Å²) in [5, 5.41) is 3.30. The molecule has 0 aromatic heterocycles. The Morgan fingerprint density at radius 1 is 1.20 bits per heavy atom. The molecule has 0 saturated carbocycles. The Hall–Kier alpha value is -1.50. The first-order valence-corrected chi connectivity index (χ1v) is 5.33. The zero-order valence-corrected chi connectivity index (χ0v) is 9.96. The number of hydrogen-bond donors (Lipinski definition) is 1. The summed E-state index contributed by atoms with van der Waals surface area (Å²) < 4.78 is 0. The van der Waals surface area contributed by atoms with Crippen molar-refractivity contribution in [2.45, 2.75) is 27.2 Å². The van der Waals surface area contributed by atoms with Gasteiger partial charge in [0.25, 0.3) is 0 Å². The largest absolute Gasteiger partial charge is 0.356 e. The molecule has 0 amide bonds. The summed E-state index contributed by atoms with van der Waals surface area (Å²) in [6.07, 6.45) is 15.0. The van der Waals surface area contributed by atoms with Crippen LogP contribution in [0.3, 0.4) is 0 Å². The lowest BCUT2D eigenvalue weighted by atomic mass is 10.3. The van der Waals surface area contributed by atoms with Crippen molar-refractivity contribution in [1.29, 1.82) is 0 Å². The van der Waals surface area contributed by atoms with Gasteiger partial charge >= 0.3 is 0 Å². The minimum Gasteiger partial charge on any atom is -0.356 e. The van der Waals surface area contributed by atoms with E-state index >= 15 is 0 Å². The van der Waals surface area contributed by atoms with Crippen LogP contribution in [0.4, 0.5) is 0 Å². The Labute approximate surface area is 93.6 Å². The zero-order valence-electron chi connectivity index (χ0n) is 9.96. The minimum absolute atomic E-state index is 1.00. The maximum absolute atomic E-state index is 3.77. The Kier molecular flexibility index (Phi) is 8.16. The van der Waals surface area contributed by atoms with Gasteiger partial charge in [-0.05, 0) is 32.4 Å². The average molecular weight is 203 g/mol. The van der Waals surface area contributed by atoms with E-state index in [0.29, 0.717) is 0 Å². The molecule has 0 aliphatic rings. The van der Waals surface area contributed by atoms with Crippen molar-refractivity contribution in [3.05, 3.63) is 60.5 Å². The predicted molar refractivity (Wildman–Crippen MR) is 69.4 cm³/mol. The molecule has 0 saturated heterocycles. The van der Waals surface area contributed by atoms with Crippen LogP contribution < -0.4 is 5.32 Å². The van der Waals surface area contributed by atoms with Gasteiger partial charge in [0.05, 0.1) is 0 Å². The number of hydrogen-bond acceptors (Lipinski definition) is 1. The van der Waals surface area contributed by atoms with E-state index in [1.54, 1.807) is 0 Å². The molecule has 0 aromatic rings. The van der Waals surface area contributed by atoms with E-state index in [1.807, 2.05) is 50.3 Å². The molecule has 0 fully saturated rings. The van der Waals surface area contributed by atoms with Crippen LogP contribution >= 0.6 is 0 Å². The highest BCUT2D eigenvalue weighted by Crippen LogP contribution is 2.00. The van der Waals surface area contributed by atoms with E-state index in [1.165, 1.54) is 0 Å². The highest BCUT2D eigenvalue weighted by Gasteiger charge is 1.91. The predicted octanol–water partition coefficient (Wildman–Crippen LogP) is 4.09. The second-order valence-corrected chi connectivity index (χ2v) is 3.03. The van der Waals surface area contributed by atoms with Crippen LogP contribution in [0.25, 0.3) is 0 Å². The highest BCUT2D eigenvalue weighted by molar-refractivity contribution is 5.27. The van der Waals surface area contributed by atoms with Gasteiger partial charge in [-0.2, -0.15) is 0 Å². The van der Waals surface area contributed by atoms with E-state index in [9.17, 15) is 0 Å². The van der Waals surface area contributed by atoms with Crippen molar-refractivity contribution in [1.82, 2.24) is 5.32 Å². The summed E-state index contributed by atoms with van der Waals surface area (Å²) >= 11 is 0. The lowest BCUT2D eigenvalue weighted by molar-refractivity contribution is 1.01. The molecular weight excluding hydrogens is 182 g/mol. The Morgan fingerprint density at radius 2 is 1.93 bits per heavy atom. The Morgan fingerprint density at radius 3 is 2.40 bits per heavy atom. The molecule has 0 spiro atoms. The third-order valence-corrected chi connectivity index (χ3v) is 1.82. The van der Waals surface area contributed by atoms with Gasteiger partial charge in [-0.15, -0.1) is 0 Å². The van der Waals surface area contributed by atoms with Gasteiger partial charge in [-0.1, -0.05) is 43.9 Å². The second-order valence-electron chi connectivity index (χ2n) is 3.03. The van der Waals surface area contributed by atoms with Gasteiger partial charge in [0.2, 0.25) is 0 Å². The van der Waals surface area contributed by atoms with Crippen molar-refractivity contribution in [3.63, 3.8) is 0 Å². The smallest absolute Gasteiger partial charge is 0.0340 e.